The fourth-order valence-corrected chi connectivity index (χ4v) is 3.17. The maximum absolute atomic E-state index is 12.4. The fourth-order valence-electron chi connectivity index (χ4n) is 3.17. The van der Waals surface area contributed by atoms with Gasteiger partial charge in [0.1, 0.15) is 6.61 Å². The minimum atomic E-state index is -0.0103. The van der Waals surface area contributed by atoms with Crippen LogP contribution < -0.4 is 10.1 Å². The molecular weight excluding hydrogens is 360 g/mol. The van der Waals surface area contributed by atoms with Crippen LogP contribution in [0.3, 0.4) is 0 Å². The highest BCUT2D eigenvalue weighted by Gasteiger charge is 2.06. The number of rotatable bonds is 7. The Morgan fingerprint density at radius 3 is 2.45 bits per heavy atom. The highest BCUT2D eigenvalue weighted by atomic mass is 16.5. The number of carbonyl (C=O) groups is 1. The van der Waals surface area contributed by atoms with Crippen molar-refractivity contribution < 1.29 is 9.53 Å². The molecule has 0 atom stereocenters. The Kier molecular flexibility index (Phi) is 5.81. The number of pyridine rings is 1. The Morgan fingerprint density at radius 2 is 1.59 bits per heavy atom. The van der Waals surface area contributed by atoms with Gasteiger partial charge in [0.2, 0.25) is 11.8 Å². The lowest BCUT2D eigenvalue weighted by atomic mass is 10.0. The molecule has 0 unspecified atom stereocenters. The lowest BCUT2D eigenvalue weighted by molar-refractivity contribution is -0.120. The van der Waals surface area contributed by atoms with Crippen molar-refractivity contribution in [2.45, 2.75) is 19.6 Å². The molecular formula is C25H22N2O2. The van der Waals surface area contributed by atoms with E-state index in [9.17, 15) is 4.79 Å². The molecule has 0 aliphatic heterocycles. The molecule has 4 aromatic rings. The number of hydrogen-bond donors (Lipinski definition) is 1. The smallest absolute Gasteiger partial charge is 0.224 e. The van der Waals surface area contributed by atoms with E-state index in [1.54, 1.807) is 6.20 Å². The Balaban J connectivity index is 1.31. The minimum absolute atomic E-state index is 0.0103. The van der Waals surface area contributed by atoms with Gasteiger partial charge < -0.3 is 10.1 Å². The molecule has 0 bridgehead atoms. The van der Waals surface area contributed by atoms with Gasteiger partial charge in [-0.15, -0.1) is 0 Å². The summed E-state index contributed by atoms with van der Waals surface area (Å²) in [7, 11) is 0. The molecule has 29 heavy (non-hydrogen) atoms. The quantitative estimate of drug-likeness (QED) is 0.505. The van der Waals surface area contributed by atoms with Gasteiger partial charge in [0.05, 0.1) is 6.42 Å². The van der Waals surface area contributed by atoms with Gasteiger partial charge in [0.15, 0.2) is 0 Å². The van der Waals surface area contributed by atoms with Gasteiger partial charge in [-0.2, -0.15) is 0 Å². The monoisotopic (exact) mass is 382 g/mol. The van der Waals surface area contributed by atoms with Gasteiger partial charge in [-0.1, -0.05) is 72.8 Å². The van der Waals surface area contributed by atoms with E-state index < -0.39 is 0 Å². The van der Waals surface area contributed by atoms with Crippen molar-refractivity contribution in [2.75, 3.05) is 0 Å². The van der Waals surface area contributed by atoms with E-state index in [0.717, 1.165) is 22.1 Å². The summed E-state index contributed by atoms with van der Waals surface area (Å²) in [5, 5.41) is 5.30. The predicted octanol–water partition coefficient (Wildman–Crippen LogP) is 4.67. The number of nitrogens with zero attached hydrogens (tertiary/aromatic N) is 1. The maximum atomic E-state index is 12.4. The van der Waals surface area contributed by atoms with E-state index in [0.29, 0.717) is 25.5 Å². The largest absolute Gasteiger partial charge is 0.473 e. The number of benzene rings is 3. The van der Waals surface area contributed by atoms with E-state index in [4.69, 9.17) is 4.74 Å². The van der Waals surface area contributed by atoms with Gasteiger partial charge in [0, 0.05) is 18.8 Å². The summed E-state index contributed by atoms with van der Waals surface area (Å²) < 4.78 is 5.75. The van der Waals surface area contributed by atoms with Crippen LogP contribution in [0.2, 0.25) is 0 Å². The predicted molar refractivity (Wildman–Crippen MR) is 115 cm³/mol. The van der Waals surface area contributed by atoms with Crippen molar-refractivity contribution in [3.05, 3.63) is 108 Å². The number of fused-ring (bicyclic) bond motifs is 1. The van der Waals surface area contributed by atoms with E-state index >= 15 is 0 Å². The zero-order valence-electron chi connectivity index (χ0n) is 16.0. The average Bonchev–Trinajstić information content (AvgIpc) is 2.77. The number of amides is 1. The Hall–Kier alpha value is -3.66. The highest BCUT2D eigenvalue weighted by molar-refractivity contribution is 5.85. The zero-order chi connectivity index (χ0) is 19.9. The third-order valence-electron chi connectivity index (χ3n) is 4.70. The Labute approximate surface area is 170 Å². The number of nitrogens with one attached hydrogen (secondary N) is 1. The van der Waals surface area contributed by atoms with E-state index in [1.165, 1.54) is 5.39 Å². The first-order valence-electron chi connectivity index (χ1n) is 9.62. The lowest BCUT2D eigenvalue weighted by Crippen LogP contribution is -2.24. The fraction of sp³-hybridized carbons (Fsp3) is 0.120. The molecule has 0 aliphatic rings. The summed E-state index contributed by atoms with van der Waals surface area (Å²) in [5.41, 5.74) is 3.04. The van der Waals surface area contributed by atoms with Gasteiger partial charge >= 0.3 is 0 Å². The Morgan fingerprint density at radius 1 is 0.793 bits per heavy atom. The summed E-state index contributed by atoms with van der Waals surface area (Å²) in [5.74, 6) is 0.541. The molecule has 0 spiro atoms. The molecule has 4 nitrogen and oxygen atoms in total. The first-order valence-corrected chi connectivity index (χ1v) is 9.62. The van der Waals surface area contributed by atoms with Crippen LogP contribution in [0.25, 0.3) is 10.8 Å². The van der Waals surface area contributed by atoms with Crippen LogP contribution in [-0.2, 0) is 24.4 Å². The summed E-state index contributed by atoms with van der Waals surface area (Å²) in [6.45, 7) is 0.905. The second-order valence-electron chi connectivity index (χ2n) is 6.91. The van der Waals surface area contributed by atoms with Crippen LogP contribution in [-0.4, -0.2) is 10.9 Å². The second-order valence-corrected chi connectivity index (χ2v) is 6.91. The molecule has 0 radical (unpaired) electrons. The molecule has 1 aromatic heterocycles. The third kappa shape index (κ3) is 5.20. The van der Waals surface area contributed by atoms with E-state index in [-0.39, 0.29) is 5.91 Å². The van der Waals surface area contributed by atoms with E-state index in [2.05, 4.69) is 34.6 Å². The maximum Gasteiger partial charge on any atom is 0.224 e. The third-order valence-corrected chi connectivity index (χ3v) is 4.70. The molecule has 0 fully saturated rings. The SMILES string of the molecule is O=C(Cc1ccc2ccccc2c1)NCc1ccnc(OCc2ccccc2)c1. The van der Waals surface area contributed by atoms with Crippen molar-refractivity contribution in [1.82, 2.24) is 10.3 Å². The Bertz CT molecular complexity index is 1110. The highest BCUT2D eigenvalue weighted by Crippen LogP contribution is 2.16. The lowest BCUT2D eigenvalue weighted by Gasteiger charge is -2.09. The van der Waals surface area contributed by atoms with Crippen molar-refractivity contribution in [1.29, 1.82) is 0 Å². The number of ether oxygens (including phenoxy) is 1. The molecule has 4 rings (SSSR count). The van der Waals surface area contributed by atoms with Gasteiger partial charge in [-0.3, -0.25) is 4.79 Å². The van der Waals surface area contributed by atoms with Crippen molar-refractivity contribution in [2.24, 2.45) is 0 Å². The molecule has 4 heteroatoms. The van der Waals surface area contributed by atoms with Gasteiger partial charge in [-0.05, 0) is 33.5 Å². The van der Waals surface area contributed by atoms with E-state index in [1.807, 2.05) is 60.7 Å². The minimum Gasteiger partial charge on any atom is -0.473 e. The number of aromatic nitrogens is 1. The first-order chi connectivity index (χ1) is 14.3. The van der Waals surface area contributed by atoms with Crippen LogP contribution in [0.5, 0.6) is 5.88 Å². The molecule has 1 N–H and O–H groups in total. The normalized spacial score (nSPS) is 10.6. The molecule has 144 valence electrons. The zero-order valence-corrected chi connectivity index (χ0v) is 16.0. The van der Waals surface area contributed by atoms with Crippen molar-refractivity contribution in [3.63, 3.8) is 0 Å². The molecule has 3 aromatic carbocycles. The van der Waals surface area contributed by atoms with Crippen molar-refractivity contribution >= 4 is 16.7 Å². The van der Waals surface area contributed by atoms with Crippen molar-refractivity contribution in [3.8, 4) is 5.88 Å². The molecule has 1 heterocycles. The summed E-state index contributed by atoms with van der Waals surface area (Å²) in [6.07, 6.45) is 2.05. The van der Waals surface area contributed by atoms with Crippen LogP contribution in [0, 0.1) is 0 Å². The summed E-state index contributed by atoms with van der Waals surface area (Å²) in [6, 6.07) is 28.0. The second kappa shape index (κ2) is 9.02. The summed E-state index contributed by atoms with van der Waals surface area (Å²) >= 11 is 0. The van der Waals surface area contributed by atoms with Gasteiger partial charge in [-0.25, -0.2) is 4.98 Å². The number of hydrogen-bond acceptors (Lipinski definition) is 3. The van der Waals surface area contributed by atoms with Crippen LogP contribution in [0.4, 0.5) is 0 Å². The molecule has 1 amide bonds. The number of carbonyl (C=O) groups excluding carboxylic acids is 1. The van der Waals surface area contributed by atoms with Crippen LogP contribution in [0.1, 0.15) is 16.7 Å². The standard InChI is InChI=1S/C25H22N2O2/c28-24(15-20-10-11-22-8-4-5-9-23(22)14-20)27-17-21-12-13-26-25(16-21)29-18-19-6-2-1-3-7-19/h1-14,16H,15,17-18H2,(H,27,28). The summed E-state index contributed by atoms with van der Waals surface area (Å²) in [4.78, 5) is 16.6. The first kappa shape index (κ1) is 18.7. The van der Waals surface area contributed by atoms with Gasteiger partial charge in [0.25, 0.3) is 0 Å². The molecule has 0 saturated carbocycles. The topological polar surface area (TPSA) is 51.2 Å². The molecule has 0 saturated heterocycles. The van der Waals surface area contributed by atoms with Crippen LogP contribution in [0.15, 0.2) is 91.1 Å². The van der Waals surface area contributed by atoms with Crippen LogP contribution >= 0.6 is 0 Å². The average molecular weight is 382 g/mol. The molecule has 0 aliphatic carbocycles.